The Hall–Kier alpha value is -0.970. The maximum absolute atomic E-state index is 11.3. The number of hydrogen-bond donors (Lipinski definition) is 1. The molecule has 0 spiro atoms. The first-order valence-electron chi connectivity index (χ1n) is 4.18. The number of nitrogens with one attached hydrogen (secondary N) is 1. The summed E-state index contributed by atoms with van der Waals surface area (Å²) < 4.78 is 10.8. The molecule has 4 nitrogen and oxygen atoms in total. The summed E-state index contributed by atoms with van der Waals surface area (Å²) in [5, 5.41) is 0. The van der Waals surface area contributed by atoms with Crippen molar-refractivity contribution in [2.24, 2.45) is 0 Å². The van der Waals surface area contributed by atoms with E-state index in [-0.39, 0.29) is 6.10 Å². The van der Waals surface area contributed by atoms with Gasteiger partial charge in [-0.05, 0) is 29.8 Å². The summed E-state index contributed by atoms with van der Waals surface area (Å²) in [4.78, 5) is 14.1. The molecule has 1 aromatic rings. The zero-order chi connectivity index (χ0) is 10.7. The molecule has 0 unspecified atom stereocenters. The smallest absolute Gasteiger partial charge is 0.358 e. The zero-order valence-corrected chi connectivity index (χ0v) is 9.84. The van der Waals surface area contributed by atoms with Crippen molar-refractivity contribution in [3.05, 3.63) is 16.4 Å². The Labute approximate surface area is 90.7 Å². The number of carbonyl (C=O) groups excluding carboxylic acids is 1. The number of carbonyl (C=O) groups is 1. The molecule has 0 fully saturated rings. The molecular formula is C9H12BrNO3. The van der Waals surface area contributed by atoms with E-state index < -0.39 is 5.97 Å². The van der Waals surface area contributed by atoms with E-state index in [0.29, 0.717) is 15.9 Å². The fraction of sp³-hybridized carbons (Fsp3) is 0.444. The molecule has 0 aliphatic carbocycles. The Morgan fingerprint density at radius 1 is 1.57 bits per heavy atom. The van der Waals surface area contributed by atoms with E-state index in [0.717, 1.165) is 0 Å². The highest BCUT2D eigenvalue weighted by Crippen LogP contribution is 2.30. The molecule has 0 saturated carbocycles. The van der Waals surface area contributed by atoms with Gasteiger partial charge in [0, 0.05) is 6.20 Å². The first kappa shape index (κ1) is 11.1. The lowest BCUT2D eigenvalue weighted by atomic mass is 10.4. The average Bonchev–Trinajstić information content (AvgIpc) is 2.46. The lowest BCUT2D eigenvalue weighted by molar-refractivity contribution is 0.0588. The average molecular weight is 262 g/mol. The van der Waals surface area contributed by atoms with E-state index in [9.17, 15) is 4.79 Å². The molecule has 0 saturated heterocycles. The van der Waals surface area contributed by atoms with Gasteiger partial charge in [-0.25, -0.2) is 4.79 Å². The van der Waals surface area contributed by atoms with Gasteiger partial charge in [-0.15, -0.1) is 0 Å². The van der Waals surface area contributed by atoms with Crippen LogP contribution in [0.25, 0.3) is 0 Å². The number of aromatic amines is 1. The summed E-state index contributed by atoms with van der Waals surface area (Å²) in [6, 6.07) is 0. The van der Waals surface area contributed by atoms with Crippen LogP contribution in [0.2, 0.25) is 0 Å². The van der Waals surface area contributed by atoms with Crippen molar-refractivity contribution in [1.29, 1.82) is 0 Å². The van der Waals surface area contributed by atoms with Gasteiger partial charge in [0.15, 0.2) is 11.4 Å². The van der Waals surface area contributed by atoms with E-state index in [1.807, 2.05) is 13.8 Å². The van der Waals surface area contributed by atoms with E-state index in [4.69, 9.17) is 4.74 Å². The van der Waals surface area contributed by atoms with Crippen LogP contribution in [-0.2, 0) is 4.74 Å². The second-order valence-corrected chi connectivity index (χ2v) is 3.85. The molecule has 0 aliphatic rings. The number of esters is 1. The third kappa shape index (κ3) is 2.29. The van der Waals surface area contributed by atoms with Crippen molar-refractivity contribution in [1.82, 2.24) is 4.98 Å². The highest BCUT2D eigenvalue weighted by molar-refractivity contribution is 9.10. The van der Waals surface area contributed by atoms with E-state index in [2.05, 4.69) is 25.7 Å². The summed E-state index contributed by atoms with van der Waals surface area (Å²) >= 11 is 3.28. The molecule has 78 valence electrons. The van der Waals surface area contributed by atoms with Crippen LogP contribution in [0.1, 0.15) is 24.3 Å². The molecule has 0 amide bonds. The molecule has 1 N–H and O–H groups in total. The Morgan fingerprint density at radius 2 is 2.21 bits per heavy atom. The van der Waals surface area contributed by atoms with E-state index in [1.54, 1.807) is 6.20 Å². The van der Waals surface area contributed by atoms with Crippen LogP contribution in [-0.4, -0.2) is 24.2 Å². The summed E-state index contributed by atoms with van der Waals surface area (Å²) in [7, 11) is 1.33. The lowest BCUT2D eigenvalue weighted by Gasteiger charge is -2.09. The highest BCUT2D eigenvalue weighted by Gasteiger charge is 2.19. The third-order valence-electron chi connectivity index (χ3n) is 1.53. The molecule has 0 aromatic carbocycles. The van der Waals surface area contributed by atoms with Crippen molar-refractivity contribution < 1.29 is 14.3 Å². The van der Waals surface area contributed by atoms with Crippen LogP contribution >= 0.6 is 15.9 Å². The molecule has 5 heteroatoms. The van der Waals surface area contributed by atoms with Crippen LogP contribution in [0.4, 0.5) is 0 Å². The maximum Gasteiger partial charge on any atom is 0.358 e. The molecule has 14 heavy (non-hydrogen) atoms. The van der Waals surface area contributed by atoms with Crippen molar-refractivity contribution in [3.63, 3.8) is 0 Å². The fourth-order valence-corrected chi connectivity index (χ4v) is 1.40. The number of halogens is 1. The molecule has 1 aromatic heterocycles. The highest BCUT2D eigenvalue weighted by atomic mass is 79.9. The molecular weight excluding hydrogens is 250 g/mol. The number of methoxy groups -OCH3 is 1. The predicted octanol–water partition coefficient (Wildman–Crippen LogP) is 2.35. The Morgan fingerprint density at radius 3 is 2.71 bits per heavy atom. The molecule has 0 radical (unpaired) electrons. The molecule has 1 rings (SSSR count). The summed E-state index contributed by atoms with van der Waals surface area (Å²) in [6.07, 6.45) is 1.65. The minimum absolute atomic E-state index is 0.00510. The standard InChI is InChI=1S/C9H12BrNO3/c1-5(2)14-8-6(10)4-11-7(8)9(12)13-3/h4-5,11H,1-3H3. The Bertz CT molecular complexity index is 333. The van der Waals surface area contributed by atoms with Crippen LogP contribution < -0.4 is 4.74 Å². The van der Waals surface area contributed by atoms with Crippen LogP contribution in [0, 0.1) is 0 Å². The normalized spacial score (nSPS) is 10.4. The van der Waals surface area contributed by atoms with Gasteiger partial charge in [-0.3, -0.25) is 0 Å². The Balaban J connectivity index is 2.99. The van der Waals surface area contributed by atoms with Crippen LogP contribution in [0.15, 0.2) is 10.7 Å². The van der Waals surface area contributed by atoms with Gasteiger partial charge in [-0.1, -0.05) is 0 Å². The quantitative estimate of drug-likeness (QED) is 0.850. The predicted molar refractivity (Wildman–Crippen MR) is 55.6 cm³/mol. The third-order valence-corrected chi connectivity index (χ3v) is 2.12. The first-order valence-corrected chi connectivity index (χ1v) is 4.97. The molecule has 0 aliphatic heterocycles. The monoisotopic (exact) mass is 261 g/mol. The van der Waals surface area contributed by atoms with Gasteiger partial charge in [0.1, 0.15) is 0 Å². The fourth-order valence-electron chi connectivity index (χ4n) is 0.991. The second kappa shape index (κ2) is 4.50. The number of H-pyrrole nitrogens is 1. The van der Waals surface area contributed by atoms with Crippen molar-refractivity contribution >= 4 is 21.9 Å². The van der Waals surface area contributed by atoms with Gasteiger partial charge in [0.05, 0.1) is 17.7 Å². The zero-order valence-electron chi connectivity index (χ0n) is 8.26. The number of aromatic nitrogens is 1. The minimum Gasteiger partial charge on any atom is -0.487 e. The number of hydrogen-bond acceptors (Lipinski definition) is 3. The topological polar surface area (TPSA) is 51.3 Å². The van der Waals surface area contributed by atoms with Crippen LogP contribution in [0.5, 0.6) is 5.75 Å². The van der Waals surface area contributed by atoms with Gasteiger partial charge in [0.25, 0.3) is 0 Å². The minimum atomic E-state index is -0.439. The van der Waals surface area contributed by atoms with Gasteiger partial charge in [-0.2, -0.15) is 0 Å². The van der Waals surface area contributed by atoms with Crippen molar-refractivity contribution in [2.45, 2.75) is 20.0 Å². The Kier molecular flexibility index (Phi) is 3.57. The summed E-state index contributed by atoms with van der Waals surface area (Å²) in [5.41, 5.74) is 0.327. The SMILES string of the molecule is COC(=O)c1[nH]cc(Br)c1OC(C)C. The largest absolute Gasteiger partial charge is 0.487 e. The van der Waals surface area contributed by atoms with E-state index >= 15 is 0 Å². The molecule has 0 bridgehead atoms. The summed E-state index contributed by atoms with van der Waals surface area (Å²) in [5.74, 6) is 0.0539. The van der Waals surface area contributed by atoms with Crippen molar-refractivity contribution in [3.8, 4) is 5.75 Å². The van der Waals surface area contributed by atoms with Gasteiger partial charge >= 0.3 is 5.97 Å². The van der Waals surface area contributed by atoms with Gasteiger partial charge < -0.3 is 14.5 Å². The van der Waals surface area contributed by atoms with Crippen molar-refractivity contribution in [2.75, 3.05) is 7.11 Å². The lowest BCUT2D eigenvalue weighted by Crippen LogP contribution is -2.10. The van der Waals surface area contributed by atoms with Crippen LogP contribution in [0.3, 0.4) is 0 Å². The second-order valence-electron chi connectivity index (χ2n) is 3.00. The summed E-state index contributed by atoms with van der Waals surface area (Å²) in [6.45, 7) is 3.78. The molecule has 1 heterocycles. The number of rotatable bonds is 3. The number of ether oxygens (including phenoxy) is 2. The molecule has 0 atom stereocenters. The maximum atomic E-state index is 11.3. The van der Waals surface area contributed by atoms with Gasteiger partial charge in [0.2, 0.25) is 0 Å². The van der Waals surface area contributed by atoms with E-state index in [1.165, 1.54) is 7.11 Å². The first-order chi connectivity index (χ1) is 6.56.